The minimum Gasteiger partial charge on any atom is -0.467 e. The summed E-state index contributed by atoms with van der Waals surface area (Å²) in [4.78, 5) is 4.86. The molecule has 1 N–H and O–H groups in total. The zero-order valence-electron chi connectivity index (χ0n) is 20.2. The molecule has 4 aliphatic heterocycles. The van der Waals surface area contributed by atoms with Crippen LogP contribution in [0.1, 0.15) is 57.4 Å². The van der Waals surface area contributed by atoms with Crippen LogP contribution in [0.25, 0.3) is 0 Å². The highest BCUT2D eigenvalue weighted by Crippen LogP contribution is 2.43. The van der Waals surface area contributed by atoms with Gasteiger partial charge in [0.2, 0.25) is 5.90 Å². The molecule has 0 aromatic heterocycles. The molecule has 4 heterocycles. The van der Waals surface area contributed by atoms with Crippen LogP contribution in [0, 0.1) is 11.8 Å². The molecule has 6 rings (SSSR count). The Morgan fingerprint density at radius 2 is 1.88 bits per heavy atom. The summed E-state index contributed by atoms with van der Waals surface area (Å²) >= 11 is 0. The summed E-state index contributed by atoms with van der Waals surface area (Å²) in [6, 6.07) is 10.1. The second-order valence-electron chi connectivity index (χ2n) is 10.8. The number of rotatable bonds is 8. The van der Waals surface area contributed by atoms with E-state index >= 15 is 0 Å². The Morgan fingerprint density at radius 1 is 1.12 bits per heavy atom. The largest absolute Gasteiger partial charge is 0.467 e. The van der Waals surface area contributed by atoms with Crippen molar-refractivity contribution in [2.24, 2.45) is 16.8 Å². The zero-order chi connectivity index (χ0) is 22.7. The van der Waals surface area contributed by atoms with Crippen LogP contribution in [-0.4, -0.2) is 67.0 Å². The van der Waals surface area contributed by atoms with Crippen molar-refractivity contribution in [3.05, 3.63) is 48.0 Å². The van der Waals surface area contributed by atoms with Gasteiger partial charge in [0.25, 0.3) is 0 Å². The summed E-state index contributed by atoms with van der Waals surface area (Å²) in [5.74, 6) is 1.45. The first kappa shape index (κ1) is 23.1. The lowest BCUT2D eigenvalue weighted by atomic mass is 9.73. The van der Waals surface area contributed by atoms with Gasteiger partial charge in [-0.15, -0.1) is 0 Å². The Bertz CT molecular complexity index is 840. The van der Waals surface area contributed by atoms with Gasteiger partial charge in [-0.25, -0.2) is 4.99 Å². The zero-order valence-corrected chi connectivity index (χ0v) is 20.2. The van der Waals surface area contributed by atoms with E-state index in [0.29, 0.717) is 24.5 Å². The number of aliphatic hydroxyl groups is 1. The normalized spacial score (nSPS) is 34.2. The number of allylic oxidation sites excluding steroid dienone is 1. The van der Waals surface area contributed by atoms with E-state index in [9.17, 15) is 5.11 Å². The van der Waals surface area contributed by atoms with Gasteiger partial charge in [0.05, 0.1) is 26.2 Å². The number of fused-ring (bicyclic) bond motifs is 3. The molecule has 4 fully saturated rings. The Morgan fingerprint density at radius 3 is 2.61 bits per heavy atom. The Balaban J connectivity index is 1.29. The maximum Gasteiger partial charge on any atom is 0.222 e. The first-order valence-corrected chi connectivity index (χ1v) is 13.2. The van der Waals surface area contributed by atoms with Crippen molar-refractivity contribution in [2.75, 3.05) is 39.3 Å². The molecule has 5 aliphatic rings. The average Bonchev–Trinajstić information content (AvgIpc) is 3.34. The average molecular weight is 454 g/mol. The first-order chi connectivity index (χ1) is 16.1. The van der Waals surface area contributed by atoms with Gasteiger partial charge in [-0.3, -0.25) is 0 Å². The number of aliphatic imine (C=N–C) groups is 1. The summed E-state index contributed by atoms with van der Waals surface area (Å²) in [5.41, 5.74) is -0.178. The predicted molar refractivity (Wildman–Crippen MR) is 131 cm³/mol. The maximum absolute atomic E-state index is 12.1. The van der Waals surface area contributed by atoms with Gasteiger partial charge in [-0.05, 0) is 25.3 Å². The van der Waals surface area contributed by atoms with Gasteiger partial charge < -0.3 is 19.1 Å². The van der Waals surface area contributed by atoms with E-state index in [1.165, 1.54) is 45.2 Å². The van der Waals surface area contributed by atoms with Crippen molar-refractivity contribution >= 4 is 5.90 Å². The van der Waals surface area contributed by atoms with Crippen LogP contribution < -0.4 is 0 Å². The lowest BCUT2D eigenvalue weighted by Gasteiger charge is -2.53. The molecule has 180 valence electrons. The summed E-state index contributed by atoms with van der Waals surface area (Å²) in [7, 11) is 0. The molecule has 5 nitrogen and oxygen atoms in total. The van der Waals surface area contributed by atoms with Crippen LogP contribution in [-0.2, 0) is 15.1 Å². The summed E-state index contributed by atoms with van der Waals surface area (Å²) < 4.78 is 13.9. The fraction of sp³-hybridized carbons (Fsp3) is 0.679. The fourth-order valence-corrected chi connectivity index (χ4v) is 6.84. The fourth-order valence-electron chi connectivity index (χ4n) is 6.84. The van der Waals surface area contributed by atoms with Gasteiger partial charge in [0.1, 0.15) is 19.2 Å². The molecule has 3 atom stereocenters. The molecule has 1 aliphatic carbocycles. The molecule has 1 aromatic carbocycles. The van der Waals surface area contributed by atoms with Crippen molar-refractivity contribution in [3.63, 3.8) is 0 Å². The molecule has 3 saturated heterocycles. The van der Waals surface area contributed by atoms with Crippen molar-refractivity contribution in [1.82, 2.24) is 0 Å². The van der Waals surface area contributed by atoms with Crippen LogP contribution in [0.3, 0.4) is 0 Å². The van der Waals surface area contributed by atoms with Crippen molar-refractivity contribution in [2.45, 2.75) is 69.7 Å². The number of benzene rings is 1. The molecule has 0 amide bonds. The van der Waals surface area contributed by atoms with Crippen LogP contribution >= 0.6 is 0 Å². The van der Waals surface area contributed by atoms with Crippen LogP contribution in [0.2, 0.25) is 0 Å². The highest BCUT2D eigenvalue weighted by atomic mass is 16.5. The van der Waals surface area contributed by atoms with E-state index in [-0.39, 0.29) is 12.0 Å². The summed E-state index contributed by atoms with van der Waals surface area (Å²) in [6.45, 7) is 7.92. The number of piperidine rings is 3. The Hall–Kier alpha value is -1.69. The molecule has 0 radical (unpaired) electrons. The van der Waals surface area contributed by atoms with Crippen molar-refractivity contribution < 1.29 is 19.1 Å². The summed E-state index contributed by atoms with van der Waals surface area (Å²) in [6.07, 6.45) is 12.7. The SMILES string of the molecule is C/C=C/CO[C@H]1C[N+]2(CC3CN=C([C@](O)(c4ccccc4)C4CCCCC4)O3)CCC1CC2. The highest BCUT2D eigenvalue weighted by molar-refractivity contribution is 5.88. The molecule has 5 heteroatoms. The molecule has 2 bridgehead atoms. The second kappa shape index (κ2) is 9.89. The van der Waals surface area contributed by atoms with Gasteiger partial charge in [-0.1, -0.05) is 61.7 Å². The second-order valence-corrected chi connectivity index (χ2v) is 10.8. The third-order valence-corrected chi connectivity index (χ3v) is 8.73. The Kier molecular flexibility index (Phi) is 6.91. The molecular weight excluding hydrogens is 412 g/mol. The molecule has 1 saturated carbocycles. The lowest BCUT2D eigenvalue weighted by Crippen LogP contribution is -2.66. The third kappa shape index (κ3) is 4.65. The topological polar surface area (TPSA) is 51.0 Å². The number of quaternary nitrogens is 1. The first-order valence-electron chi connectivity index (χ1n) is 13.2. The third-order valence-electron chi connectivity index (χ3n) is 8.73. The highest BCUT2D eigenvalue weighted by Gasteiger charge is 2.51. The Labute approximate surface area is 199 Å². The maximum atomic E-state index is 12.1. The predicted octanol–water partition coefficient (Wildman–Crippen LogP) is 4.45. The molecule has 1 aromatic rings. The summed E-state index contributed by atoms with van der Waals surface area (Å²) in [5, 5.41) is 12.1. The quantitative estimate of drug-likeness (QED) is 0.467. The van der Waals surface area contributed by atoms with Crippen LogP contribution in [0.5, 0.6) is 0 Å². The number of hydrogen-bond acceptors (Lipinski definition) is 4. The molecule has 1 unspecified atom stereocenters. The van der Waals surface area contributed by atoms with E-state index in [1.54, 1.807) is 0 Å². The van der Waals surface area contributed by atoms with Crippen LogP contribution in [0.4, 0.5) is 0 Å². The minimum absolute atomic E-state index is 0.0460. The number of nitrogens with zero attached hydrogens (tertiary/aromatic N) is 2. The van der Waals surface area contributed by atoms with E-state index in [4.69, 9.17) is 14.5 Å². The van der Waals surface area contributed by atoms with Gasteiger partial charge >= 0.3 is 0 Å². The standard InChI is InChI=1S/C28H41N2O3/c1-2-3-18-32-26-21-30(16-14-22(26)15-17-30)20-25-19-29-27(33-25)28(31,23-10-6-4-7-11-23)24-12-8-5-9-13-24/h2-4,6-7,10-11,22,24-26,31H,5,8-9,12-21H2,1H3/q+1/b3-2+/t22?,25?,26-,28-,30?/m0/s1. The van der Waals surface area contributed by atoms with E-state index in [2.05, 4.69) is 12.2 Å². The smallest absolute Gasteiger partial charge is 0.222 e. The number of hydrogen-bond donors (Lipinski definition) is 1. The van der Waals surface area contributed by atoms with E-state index < -0.39 is 5.60 Å². The monoisotopic (exact) mass is 453 g/mol. The van der Waals surface area contributed by atoms with E-state index in [1.807, 2.05) is 37.3 Å². The minimum atomic E-state index is -1.11. The van der Waals surface area contributed by atoms with E-state index in [0.717, 1.165) is 42.6 Å². The van der Waals surface area contributed by atoms with Gasteiger partial charge in [-0.2, -0.15) is 0 Å². The lowest BCUT2D eigenvalue weighted by molar-refractivity contribution is -0.948. The van der Waals surface area contributed by atoms with Crippen LogP contribution in [0.15, 0.2) is 47.5 Å². The molecule has 0 spiro atoms. The molecular formula is C28H41N2O3+. The van der Waals surface area contributed by atoms with Gasteiger partial charge in [0, 0.05) is 24.7 Å². The van der Waals surface area contributed by atoms with Crippen molar-refractivity contribution in [1.29, 1.82) is 0 Å². The van der Waals surface area contributed by atoms with Gasteiger partial charge in [0.15, 0.2) is 11.7 Å². The van der Waals surface area contributed by atoms with Crippen molar-refractivity contribution in [3.8, 4) is 0 Å². The number of ether oxygens (including phenoxy) is 2. The molecule has 33 heavy (non-hydrogen) atoms.